The van der Waals surface area contributed by atoms with E-state index >= 15 is 0 Å². The third-order valence-corrected chi connectivity index (χ3v) is 3.60. The largest absolute Gasteiger partial charge is 0.384 e. The van der Waals surface area contributed by atoms with Crippen molar-refractivity contribution in [2.24, 2.45) is 10.7 Å². The molecule has 0 spiro atoms. The molecule has 0 aliphatic carbocycles. The van der Waals surface area contributed by atoms with Gasteiger partial charge in [-0.15, -0.1) is 0 Å². The normalized spacial score (nSPS) is 11.3. The topological polar surface area (TPSA) is 99.8 Å². The number of carbonyl (C=O) groups is 2. The number of benzene rings is 2. The Balaban J connectivity index is 2.09. The lowest BCUT2D eigenvalue weighted by atomic mass is 10.1. The number of aliphatic imine (C=N–C) groups is 1. The van der Waals surface area contributed by atoms with Crippen molar-refractivity contribution in [1.82, 2.24) is 4.90 Å². The number of hydrogen-bond donors (Lipinski definition) is 3. The molecule has 0 bridgehead atoms. The van der Waals surface area contributed by atoms with E-state index in [0.29, 0.717) is 35.7 Å². The summed E-state index contributed by atoms with van der Waals surface area (Å²) in [5, 5.41) is 5.35. The zero-order valence-corrected chi connectivity index (χ0v) is 14.9. The zero-order valence-electron chi connectivity index (χ0n) is 14.9. The van der Waals surface area contributed by atoms with E-state index in [1.165, 1.54) is 0 Å². The summed E-state index contributed by atoms with van der Waals surface area (Å²) in [5.41, 5.74) is 8.38. The predicted molar refractivity (Wildman–Crippen MR) is 105 cm³/mol. The van der Waals surface area contributed by atoms with E-state index in [2.05, 4.69) is 15.6 Å². The molecule has 2 amide bonds. The van der Waals surface area contributed by atoms with E-state index in [1.807, 2.05) is 31.1 Å². The molecule has 0 aliphatic rings. The van der Waals surface area contributed by atoms with Crippen molar-refractivity contribution in [2.75, 3.05) is 37.8 Å². The van der Waals surface area contributed by atoms with Gasteiger partial charge in [0, 0.05) is 29.0 Å². The standard InChI is InChI=1S/C19H23N5O2/c1-24(2)10-9-21-18(20)14-5-3-8-17(11-14)23-19(26)15-6-4-7-16(12-15)22-13-25/h3-8,11-13H,9-10H2,1-2H3,(H2,20,21)(H,22,25)(H,23,26). The average molecular weight is 353 g/mol. The van der Waals surface area contributed by atoms with Crippen molar-refractivity contribution in [3.63, 3.8) is 0 Å². The molecule has 2 aromatic carbocycles. The van der Waals surface area contributed by atoms with Crippen LogP contribution in [0.15, 0.2) is 53.5 Å². The Hall–Kier alpha value is -3.19. The number of nitrogens with one attached hydrogen (secondary N) is 2. The molecule has 0 radical (unpaired) electrons. The molecule has 7 heteroatoms. The molecular weight excluding hydrogens is 330 g/mol. The number of rotatable bonds is 8. The maximum Gasteiger partial charge on any atom is 0.255 e. The Kier molecular flexibility index (Phi) is 6.87. The van der Waals surface area contributed by atoms with Crippen molar-refractivity contribution in [3.05, 3.63) is 59.7 Å². The molecule has 0 saturated carbocycles. The van der Waals surface area contributed by atoms with Gasteiger partial charge in [-0.2, -0.15) is 0 Å². The quantitative estimate of drug-likeness (QED) is 0.382. The molecule has 2 rings (SSSR count). The van der Waals surface area contributed by atoms with Crippen LogP contribution in [0.25, 0.3) is 0 Å². The summed E-state index contributed by atoms with van der Waals surface area (Å²) in [6.07, 6.45) is 0.568. The van der Waals surface area contributed by atoms with E-state index in [0.717, 1.165) is 12.1 Å². The van der Waals surface area contributed by atoms with Crippen molar-refractivity contribution in [3.8, 4) is 0 Å². The van der Waals surface area contributed by atoms with E-state index < -0.39 is 0 Å². The molecule has 0 heterocycles. The van der Waals surface area contributed by atoms with Crippen LogP contribution in [0.3, 0.4) is 0 Å². The molecule has 4 N–H and O–H groups in total. The van der Waals surface area contributed by atoms with Crippen molar-refractivity contribution in [1.29, 1.82) is 0 Å². The first-order valence-electron chi connectivity index (χ1n) is 8.16. The minimum atomic E-state index is -0.278. The molecule has 7 nitrogen and oxygen atoms in total. The van der Waals surface area contributed by atoms with Gasteiger partial charge in [-0.1, -0.05) is 18.2 Å². The van der Waals surface area contributed by atoms with Crippen LogP contribution in [0.1, 0.15) is 15.9 Å². The Morgan fingerprint density at radius 2 is 1.77 bits per heavy atom. The summed E-state index contributed by atoms with van der Waals surface area (Å²) < 4.78 is 0. The van der Waals surface area contributed by atoms with Crippen LogP contribution >= 0.6 is 0 Å². The monoisotopic (exact) mass is 353 g/mol. The lowest BCUT2D eigenvalue weighted by molar-refractivity contribution is -0.105. The number of hydrogen-bond acceptors (Lipinski definition) is 4. The van der Waals surface area contributed by atoms with Crippen molar-refractivity contribution in [2.45, 2.75) is 0 Å². The third-order valence-electron chi connectivity index (χ3n) is 3.60. The van der Waals surface area contributed by atoms with E-state index in [1.54, 1.807) is 36.4 Å². The Bertz CT molecular complexity index is 802. The first kappa shape index (κ1) is 19.1. The van der Waals surface area contributed by atoms with E-state index in [-0.39, 0.29) is 5.91 Å². The van der Waals surface area contributed by atoms with Crippen molar-refractivity contribution >= 4 is 29.5 Å². The smallest absolute Gasteiger partial charge is 0.255 e. The van der Waals surface area contributed by atoms with Crippen LogP contribution in [0.2, 0.25) is 0 Å². The van der Waals surface area contributed by atoms with Gasteiger partial charge in [-0.25, -0.2) is 0 Å². The average Bonchev–Trinajstić information content (AvgIpc) is 2.62. The van der Waals surface area contributed by atoms with Crippen LogP contribution in [0.4, 0.5) is 11.4 Å². The van der Waals surface area contributed by atoms with Crippen LogP contribution < -0.4 is 16.4 Å². The SMILES string of the molecule is CN(C)CCN=C(N)c1cccc(NC(=O)c2cccc(NC=O)c2)c1. The highest BCUT2D eigenvalue weighted by Crippen LogP contribution is 2.15. The lowest BCUT2D eigenvalue weighted by Crippen LogP contribution is -2.20. The van der Waals surface area contributed by atoms with Gasteiger partial charge in [0.2, 0.25) is 6.41 Å². The van der Waals surface area contributed by atoms with E-state index in [4.69, 9.17) is 5.73 Å². The Labute approximate surface area is 152 Å². The van der Waals surface area contributed by atoms with Crippen molar-refractivity contribution < 1.29 is 9.59 Å². The Morgan fingerprint density at radius 3 is 2.46 bits per heavy atom. The minimum Gasteiger partial charge on any atom is -0.384 e. The molecule has 0 atom stereocenters. The first-order valence-corrected chi connectivity index (χ1v) is 8.16. The zero-order chi connectivity index (χ0) is 18.9. The number of anilines is 2. The maximum atomic E-state index is 12.4. The summed E-state index contributed by atoms with van der Waals surface area (Å²) in [4.78, 5) is 29.3. The van der Waals surface area contributed by atoms with Crippen LogP contribution in [0.5, 0.6) is 0 Å². The second-order valence-electron chi connectivity index (χ2n) is 5.95. The van der Waals surface area contributed by atoms with Gasteiger partial charge in [-0.3, -0.25) is 14.6 Å². The number of nitrogens with zero attached hydrogens (tertiary/aromatic N) is 2. The minimum absolute atomic E-state index is 0.278. The van der Waals surface area contributed by atoms with Gasteiger partial charge in [0.05, 0.1) is 6.54 Å². The molecule has 0 aliphatic heterocycles. The predicted octanol–water partition coefficient (Wildman–Crippen LogP) is 1.77. The van der Waals surface area contributed by atoms with Gasteiger partial charge < -0.3 is 21.3 Å². The number of amidine groups is 1. The first-order chi connectivity index (χ1) is 12.5. The van der Waals surface area contributed by atoms with Crippen LogP contribution in [-0.4, -0.2) is 50.2 Å². The molecular formula is C19H23N5O2. The fourth-order valence-corrected chi connectivity index (χ4v) is 2.24. The maximum absolute atomic E-state index is 12.4. The summed E-state index contributed by atoms with van der Waals surface area (Å²) >= 11 is 0. The molecule has 0 saturated heterocycles. The van der Waals surface area contributed by atoms with Gasteiger partial charge >= 0.3 is 0 Å². The summed E-state index contributed by atoms with van der Waals surface area (Å²) in [6, 6.07) is 13.9. The summed E-state index contributed by atoms with van der Waals surface area (Å²) in [6.45, 7) is 1.41. The van der Waals surface area contributed by atoms with Gasteiger partial charge in [0.1, 0.15) is 5.84 Å². The van der Waals surface area contributed by atoms with E-state index in [9.17, 15) is 9.59 Å². The summed E-state index contributed by atoms with van der Waals surface area (Å²) in [5.74, 6) is 0.153. The fourth-order valence-electron chi connectivity index (χ4n) is 2.24. The number of nitrogens with two attached hydrogens (primary N) is 1. The second kappa shape index (κ2) is 9.33. The van der Waals surface area contributed by atoms with Crippen LogP contribution in [-0.2, 0) is 4.79 Å². The molecule has 0 unspecified atom stereocenters. The molecule has 136 valence electrons. The van der Waals surface area contributed by atoms with Gasteiger partial charge in [0.15, 0.2) is 0 Å². The van der Waals surface area contributed by atoms with Crippen LogP contribution in [0, 0.1) is 0 Å². The highest BCUT2D eigenvalue weighted by Gasteiger charge is 2.08. The summed E-state index contributed by atoms with van der Waals surface area (Å²) in [7, 11) is 3.95. The molecule has 0 aromatic heterocycles. The number of amides is 2. The third kappa shape index (κ3) is 5.71. The highest BCUT2D eigenvalue weighted by molar-refractivity contribution is 6.06. The molecule has 26 heavy (non-hydrogen) atoms. The molecule has 2 aromatic rings. The lowest BCUT2D eigenvalue weighted by Gasteiger charge is -2.09. The fraction of sp³-hybridized carbons (Fsp3) is 0.211. The van der Waals surface area contributed by atoms with Gasteiger partial charge in [0.25, 0.3) is 5.91 Å². The number of likely N-dealkylation sites (N-methyl/N-ethyl adjacent to an activating group) is 1. The number of carbonyl (C=O) groups excluding carboxylic acids is 2. The molecule has 0 fully saturated rings. The van der Waals surface area contributed by atoms with Gasteiger partial charge in [-0.05, 0) is 44.4 Å². The second-order valence-corrected chi connectivity index (χ2v) is 5.95. The Morgan fingerprint density at radius 1 is 1.12 bits per heavy atom. The highest BCUT2D eigenvalue weighted by atomic mass is 16.1.